The topological polar surface area (TPSA) is 106 Å². The summed E-state index contributed by atoms with van der Waals surface area (Å²) in [5.74, 6) is 0.731. The van der Waals surface area contributed by atoms with E-state index < -0.39 is 23.8 Å². The van der Waals surface area contributed by atoms with Crippen LogP contribution in [0.2, 0.25) is 0 Å². The first-order chi connectivity index (χ1) is 16.9. The standard InChI is InChI=1S/C26H21N5O4/c1-16(31-25(33)20-7-3-4-8-21(20)26(31)34)24(32)29-18-9-11-19(12-10-18)35-23-15-22(27-17(2)28-23)30-13-5-6-14-30/h3-16H,1-2H3,(H,29,32). The Balaban J connectivity index is 1.26. The van der Waals surface area contributed by atoms with E-state index in [0.717, 1.165) is 4.90 Å². The Morgan fingerprint density at radius 1 is 0.914 bits per heavy atom. The fourth-order valence-corrected chi connectivity index (χ4v) is 3.85. The average Bonchev–Trinajstić information content (AvgIpc) is 3.47. The van der Waals surface area contributed by atoms with Crippen molar-refractivity contribution in [1.82, 2.24) is 19.4 Å². The van der Waals surface area contributed by atoms with Gasteiger partial charge in [0.15, 0.2) is 0 Å². The zero-order chi connectivity index (χ0) is 24.5. The lowest BCUT2D eigenvalue weighted by molar-refractivity contribution is -0.119. The Hall–Kier alpha value is -4.79. The lowest BCUT2D eigenvalue weighted by Gasteiger charge is -2.21. The maximum Gasteiger partial charge on any atom is 0.262 e. The third-order valence-corrected chi connectivity index (χ3v) is 5.61. The fraction of sp³-hybridized carbons (Fsp3) is 0.115. The molecule has 35 heavy (non-hydrogen) atoms. The van der Waals surface area contributed by atoms with Crippen LogP contribution in [0.5, 0.6) is 11.6 Å². The number of aryl methyl sites for hydroxylation is 1. The Bertz CT molecular complexity index is 1400. The van der Waals surface area contributed by atoms with Gasteiger partial charge in [-0.1, -0.05) is 12.1 Å². The number of carbonyl (C=O) groups excluding carboxylic acids is 3. The number of fused-ring (bicyclic) bond motifs is 1. The zero-order valence-corrected chi connectivity index (χ0v) is 19.0. The molecule has 1 atom stereocenters. The molecule has 0 spiro atoms. The summed E-state index contributed by atoms with van der Waals surface area (Å²) >= 11 is 0. The third-order valence-electron chi connectivity index (χ3n) is 5.61. The summed E-state index contributed by atoms with van der Waals surface area (Å²) in [7, 11) is 0. The first-order valence-corrected chi connectivity index (χ1v) is 11.0. The number of aromatic nitrogens is 3. The minimum atomic E-state index is -0.977. The summed E-state index contributed by atoms with van der Waals surface area (Å²) in [5, 5.41) is 2.74. The fourth-order valence-electron chi connectivity index (χ4n) is 3.85. The number of hydrogen-bond donors (Lipinski definition) is 1. The van der Waals surface area contributed by atoms with Crippen LogP contribution in [0.25, 0.3) is 5.82 Å². The Morgan fingerprint density at radius 3 is 2.17 bits per heavy atom. The van der Waals surface area contributed by atoms with Crippen molar-refractivity contribution in [3.8, 4) is 17.4 Å². The molecule has 0 bridgehead atoms. The minimum absolute atomic E-state index is 0.304. The predicted octanol–water partition coefficient (Wildman–Crippen LogP) is 3.99. The van der Waals surface area contributed by atoms with Crippen molar-refractivity contribution in [3.05, 3.63) is 96.1 Å². The van der Waals surface area contributed by atoms with Crippen molar-refractivity contribution >= 4 is 23.4 Å². The number of anilines is 1. The van der Waals surface area contributed by atoms with Gasteiger partial charge >= 0.3 is 0 Å². The first kappa shape index (κ1) is 22.0. The van der Waals surface area contributed by atoms with Gasteiger partial charge in [0, 0.05) is 24.1 Å². The van der Waals surface area contributed by atoms with E-state index in [1.165, 1.54) is 6.92 Å². The van der Waals surface area contributed by atoms with Crippen molar-refractivity contribution in [2.75, 3.05) is 5.32 Å². The second kappa shape index (κ2) is 8.86. The summed E-state index contributed by atoms with van der Waals surface area (Å²) in [4.78, 5) is 47.8. The van der Waals surface area contributed by atoms with E-state index in [4.69, 9.17) is 4.74 Å². The van der Waals surface area contributed by atoms with Crippen molar-refractivity contribution in [2.24, 2.45) is 0 Å². The van der Waals surface area contributed by atoms with Crippen LogP contribution in [0.1, 0.15) is 33.5 Å². The van der Waals surface area contributed by atoms with E-state index in [2.05, 4.69) is 15.3 Å². The number of carbonyl (C=O) groups is 3. The van der Waals surface area contributed by atoms with Crippen LogP contribution < -0.4 is 10.1 Å². The van der Waals surface area contributed by atoms with Crippen molar-refractivity contribution < 1.29 is 19.1 Å². The van der Waals surface area contributed by atoms with E-state index >= 15 is 0 Å². The molecule has 9 heteroatoms. The Morgan fingerprint density at radius 2 is 1.54 bits per heavy atom. The quantitative estimate of drug-likeness (QED) is 0.430. The summed E-state index contributed by atoms with van der Waals surface area (Å²) in [6, 6.07) is 17.8. The number of hydrogen-bond acceptors (Lipinski definition) is 6. The molecule has 1 N–H and O–H groups in total. The lowest BCUT2D eigenvalue weighted by Crippen LogP contribution is -2.45. The van der Waals surface area contributed by atoms with Crippen LogP contribution in [0.3, 0.4) is 0 Å². The molecule has 0 saturated carbocycles. The van der Waals surface area contributed by atoms with Crippen LogP contribution >= 0.6 is 0 Å². The number of benzene rings is 2. The van der Waals surface area contributed by atoms with E-state index in [1.807, 2.05) is 29.1 Å². The molecule has 3 heterocycles. The monoisotopic (exact) mass is 467 g/mol. The summed E-state index contributed by atoms with van der Waals surface area (Å²) < 4.78 is 7.73. The number of nitrogens with one attached hydrogen (secondary N) is 1. The molecule has 4 aromatic rings. The third kappa shape index (κ3) is 4.26. The van der Waals surface area contributed by atoms with Crippen LogP contribution in [0.15, 0.2) is 79.1 Å². The van der Waals surface area contributed by atoms with Gasteiger partial charge in [-0.3, -0.25) is 19.3 Å². The van der Waals surface area contributed by atoms with Crippen molar-refractivity contribution in [1.29, 1.82) is 0 Å². The predicted molar refractivity (Wildman–Crippen MR) is 128 cm³/mol. The maximum atomic E-state index is 12.8. The van der Waals surface area contributed by atoms with Gasteiger partial charge in [0.05, 0.1) is 11.1 Å². The molecule has 1 aliphatic rings. The summed E-state index contributed by atoms with van der Waals surface area (Å²) in [6.45, 7) is 3.31. The van der Waals surface area contributed by atoms with Crippen LogP contribution in [0, 0.1) is 6.92 Å². The summed E-state index contributed by atoms with van der Waals surface area (Å²) in [5.41, 5.74) is 1.11. The number of rotatable bonds is 6. The highest BCUT2D eigenvalue weighted by Gasteiger charge is 2.40. The average molecular weight is 467 g/mol. The van der Waals surface area contributed by atoms with Crippen LogP contribution in [0.4, 0.5) is 5.69 Å². The molecule has 9 nitrogen and oxygen atoms in total. The smallest absolute Gasteiger partial charge is 0.262 e. The normalized spacial score (nSPS) is 13.5. The highest BCUT2D eigenvalue weighted by molar-refractivity contribution is 6.23. The summed E-state index contributed by atoms with van der Waals surface area (Å²) in [6.07, 6.45) is 3.76. The number of imide groups is 1. The molecular formula is C26H21N5O4. The molecule has 1 aliphatic heterocycles. The molecule has 0 radical (unpaired) electrons. The van der Waals surface area contributed by atoms with E-state index in [9.17, 15) is 14.4 Å². The van der Waals surface area contributed by atoms with Gasteiger partial charge in [0.2, 0.25) is 11.8 Å². The number of ether oxygens (including phenoxy) is 1. The SMILES string of the molecule is Cc1nc(Oc2ccc(NC(=O)C(C)N3C(=O)c4ccccc4C3=O)cc2)cc(-n2cccc2)n1. The molecular weight excluding hydrogens is 446 g/mol. The highest BCUT2D eigenvalue weighted by atomic mass is 16.5. The molecule has 1 unspecified atom stereocenters. The number of amides is 3. The molecule has 0 aliphatic carbocycles. The second-order valence-electron chi connectivity index (χ2n) is 8.02. The minimum Gasteiger partial charge on any atom is -0.439 e. The largest absolute Gasteiger partial charge is 0.439 e. The maximum absolute atomic E-state index is 12.8. The van der Waals surface area contributed by atoms with Crippen LogP contribution in [-0.2, 0) is 4.79 Å². The van der Waals surface area contributed by atoms with Gasteiger partial charge in [-0.2, -0.15) is 4.98 Å². The van der Waals surface area contributed by atoms with Gasteiger partial charge in [-0.25, -0.2) is 4.98 Å². The molecule has 2 aromatic carbocycles. The Labute approximate surface area is 201 Å². The lowest BCUT2D eigenvalue weighted by atomic mass is 10.1. The molecule has 3 amide bonds. The second-order valence-corrected chi connectivity index (χ2v) is 8.02. The van der Waals surface area contributed by atoms with Crippen molar-refractivity contribution in [3.63, 3.8) is 0 Å². The molecule has 0 fully saturated rings. The molecule has 5 rings (SSSR count). The van der Waals surface area contributed by atoms with E-state index in [0.29, 0.717) is 40.1 Å². The molecule has 174 valence electrons. The Kier molecular flexibility index (Phi) is 5.58. The van der Waals surface area contributed by atoms with Crippen molar-refractivity contribution in [2.45, 2.75) is 19.9 Å². The molecule has 0 saturated heterocycles. The number of nitrogens with zero attached hydrogens (tertiary/aromatic N) is 4. The van der Waals surface area contributed by atoms with E-state index in [-0.39, 0.29) is 0 Å². The van der Waals surface area contributed by atoms with Gasteiger partial charge in [-0.15, -0.1) is 0 Å². The van der Waals surface area contributed by atoms with Gasteiger partial charge < -0.3 is 14.6 Å². The zero-order valence-electron chi connectivity index (χ0n) is 19.0. The van der Waals surface area contributed by atoms with Gasteiger partial charge in [0.1, 0.15) is 23.4 Å². The first-order valence-electron chi connectivity index (χ1n) is 11.0. The van der Waals surface area contributed by atoms with Gasteiger partial charge in [-0.05, 0) is 62.4 Å². The van der Waals surface area contributed by atoms with Crippen LogP contribution in [-0.4, -0.2) is 43.2 Å². The van der Waals surface area contributed by atoms with Gasteiger partial charge in [0.25, 0.3) is 11.8 Å². The highest BCUT2D eigenvalue weighted by Crippen LogP contribution is 2.26. The van der Waals surface area contributed by atoms with E-state index in [1.54, 1.807) is 61.5 Å². The molecule has 2 aromatic heterocycles.